The summed E-state index contributed by atoms with van der Waals surface area (Å²) in [7, 11) is -3.59. The zero-order valence-corrected chi connectivity index (χ0v) is 20.5. The predicted octanol–water partition coefficient (Wildman–Crippen LogP) is 2.80. The Bertz CT molecular complexity index is 1250. The van der Waals surface area contributed by atoms with Gasteiger partial charge in [-0.25, -0.2) is 8.42 Å². The van der Waals surface area contributed by atoms with Gasteiger partial charge in [-0.3, -0.25) is 9.59 Å². The van der Waals surface area contributed by atoms with Crippen molar-refractivity contribution in [3.63, 3.8) is 0 Å². The van der Waals surface area contributed by atoms with Gasteiger partial charge in [0.1, 0.15) is 19.8 Å². The van der Waals surface area contributed by atoms with Gasteiger partial charge < -0.3 is 19.7 Å². The lowest BCUT2D eigenvalue weighted by atomic mass is 10.0. The fourth-order valence-electron chi connectivity index (χ4n) is 4.71. The SMILES string of the molecule is CC1CCN(S(=O)(=O)c2ccc3c(c2)CCC(=O)N3CC(=O)Nc2ccc3c(c2)OCCO3)CC1. The molecule has 0 radical (unpaired) electrons. The summed E-state index contributed by atoms with van der Waals surface area (Å²) in [5.74, 6) is 1.18. The van der Waals surface area contributed by atoms with Gasteiger partial charge in [-0.1, -0.05) is 6.92 Å². The quantitative estimate of drug-likeness (QED) is 0.678. The summed E-state index contributed by atoms with van der Waals surface area (Å²) in [5.41, 5.74) is 1.87. The van der Waals surface area contributed by atoms with Crippen molar-refractivity contribution in [1.82, 2.24) is 4.31 Å². The first kappa shape index (κ1) is 23.6. The number of nitrogens with one attached hydrogen (secondary N) is 1. The van der Waals surface area contributed by atoms with E-state index in [1.54, 1.807) is 34.6 Å². The molecule has 0 unspecified atom stereocenters. The maximum Gasteiger partial charge on any atom is 0.244 e. The number of anilines is 2. The lowest BCUT2D eigenvalue weighted by Crippen LogP contribution is -2.41. The molecule has 0 aliphatic carbocycles. The second-order valence-electron chi connectivity index (χ2n) is 9.26. The molecule has 10 heteroatoms. The van der Waals surface area contributed by atoms with Crippen molar-refractivity contribution in [3.8, 4) is 11.5 Å². The van der Waals surface area contributed by atoms with E-state index >= 15 is 0 Å². The molecule has 3 aliphatic rings. The van der Waals surface area contributed by atoms with Gasteiger partial charge in [0.05, 0.1) is 4.90 Å². The van der Waals surface area contributed by atoms with Crippen molar-refractivity contribution in [2.45, 2.75) is 37.5 Å². The fraction of sp³-hybridized carbons (Fsp3) is 0.440. The van der Waals surface area contributed by atoms with Crippen molar-refractivity contribution in [2.24, 2.45) is 5.92 Å². The Morgan fingerprint density at radius 3 is 2.54 bits per heavy atom. The number of carbonyl (C=O) groups is 2. The lowest BCUT2D eigenvalue weighted by molar-refractivity contribution is -0.121. The van der Waals surface area contributed by atoms with Crippen LogP contribution < -0.4 is 19.7 Å². The number of nitrogens with zero attached hydrogens (tertiary/aromatic N) is 2. The molecule has 0 atom stereocenters. The predicted molar refractivity (Wildman–Crippen MR) is 130 cm³/mol. The van der Waals surface area contributed by atoms with Crippen molar-refractivity contribution in [2.75, 3.05) is 43.1 Å². The van der Waals surface area contributed by atoms with E-state index in [0.29, 0.717) is 61.5 Å². The van der Waals surface area contributed by atoms with E-state index in [-0.39, 0.29) is 29.7 Å². The number of piperidine rings is 1. The molecule has 1 N–H and O–H groups in total. The molecule has 186 valence electrons. The third-order valence-corrected chi connectivity index (χ3v) is 8.65. The van der Waals surface area contributed by atoms with E-state index in [1.165, 1.54) is 11.0 Å². The first-order valence-electron chi connectivity index (χ1n) is 11.9. The number of fused-ring (bicyclic) bond motifs is 2. The number of hydrogen-bond donors (Lipinski definition) is 1. The highest BCUT2D eigenvalue weighted by atomic mass is 32.2. The number of sulfonamides is 1. The van der Waals surface area contributed by atoms with Gasteiger partial charge in [0.15, 0.2) is 11.5 Å². The summed E-state index contributed by atoms with van der Waals surface area (Å²) in [6.07, 6.45) is 2.36. The van der Waals surface area contributed by atoms with E-state index in [9.17, 15) is 18.0 Å². The van der Waals surface area contributed by atoms with Crippen molar-refractivity contribution < 1.29 is 27.5 Å². The van der Waals surface area contributed by atoms with Crippen LogP contribution in [0.5, 0.6) is 11.5 Å². The monoisotopic (exact) mass is 499 g/mol. The Kier molecular flexibility index (Phi) is 6.41. The van der Waals surface area contributed by atoms with E-state index in [2.05, 4.69) is 12.2 Å². The van der Waals surface area contributed by atoms with E-state index in [0.717, 1.165) is 18.4 Å². The summed E-state index contributed by atoms with van der Waals surface area (Å²) in [5, 5.41) is 2.80. The lowest BCUT2D eigenvalue weighted by Gasteiger charge is -2.31. The number of ether oxygens (including phenoxy) is 2. The van der Waals surface area contributed by atoms with Crippen LogP contribution in [0.1, 0.15) is 31.7 Å². The molecule has 0 saturated carbocycles. The standard InChI is InChI=1S/C25H29N3O6S/c1-17-8-10-27(11-9-17)35(31,32)20-4-5-21-18(14-20)2-7-25(30)28(21)16-24(29)26-19-3-6-22-23(15-19)34-13-12-33-22/h3-6,14-15,17H,2,7-13,16H2,1H3,(H,26,29). The topological polar surface area (TPSA) is 105 Å². The highest BCUT2D eigenvalue weighted by Gasteiger charge is 2.31. The summed E-state index contributed by atoms with van der Waals surface area (Å²) in [6, 6.07) is 9.98. The van der Waals surface area contributed by atoms with Gasteiger partial charge in [0.2, 0.25) is 21.8 Å². The van der Waals surface area contributed by atoms with Gasteiger partial charge in [-0.15, -0.1) is 0 Å². The Morgan fingerprint density at radius 1 is 1.03 bits per heavy atom. The summed E-state index contributed by atoms with van der Waals surface area (Å²) >= 11 is 0. The molecule has 9 nitrogen and oxygen atoms in total. The van der Waals surface area contributed by atoms with Crippen LogP contribution in [-0.2, 0) is 26.0 Å². The first-order chi connectivity index (χ1) is 16.8. The number of amides is 2. The molecule has 5 rings (SSSR count). The van der Waals surface area contributed by atoms with Crippen LogP contribution >= 0.6 is 0 Å². The zero-order chi connectivity index (χ0) is 24.6. The third-order valence-electron chi connectivity index (χ3n) is 6.76. The van der Waals surface area contributed by atoms with Crippen LogP contribution in [0.2, 0.25) is 0 Å². The third kappa shape index (κ3) is 4.85. The van der Waals surface area contributed by atoms with Gasteiger partial charge >= 0.3 is 0 Å². The minimum Gasteiger partial charge on any atom is -0.486 e. The largest absolute Gasteiger partial charge is 0.486 e. The minimum absolute atomic E-state index is 0.170. The molecule has 3 heterocycles. The van der Waals surface area contributed by atoms with Crippen LogP contribution in [0.4, 0.5) is 11.4 Å². The first-order valence-corrected chi connectivity index (χ1v) is 13.4. The van der Waals surface area contributed by atoms with Crippen LogP contribution in [0.3, 0.4) is 0 Å². The molecule has 0 aromatic heterocycles. The Labute approximate surface area is 205 Å². The summed E-state index contributed by atoms with van der Waals surface area (Å²) < 4.78 is 38.9. The number of benzene rings is 2. The van der Waals surface area contributed by atoms with Crippen LogP contribution in [-0.4, -0.2) is 57.4 Å². The number of carbonyl (C=O) groups excluding carboxylic acids is 2. The minimum atomic E-state index is -3.59. The molecular formula is C25H29N3O6S. The number of aryl methyl sites for hydroxylation is 1. The van der Waals surface area contributed by atoms with E-state index in [1.807, 2.05) is 0 Å². The smallest absolute Gasteiger partial charge is 0.244 e. The summed E-state index contributed by atoms with van der Waals surface area (Å²) in [6.45, 7) is 3.93. The van der Waals surface area contributed by atoms with E-state index in [4.69, 9.17) is 9.47 Å². The Hall–Kier alpha value is -3.11. The van der Waals surface area contributed by atoms with Crippen LogP contribution in [0, 0.1) is 5.92 Å². The molecule has 1 fully saturated rings. The highest BCUT2D eigenvalue weighted by molar-refractivity contribution is 7.89. The molecule has 3 aliphatic heterocycles. The number of rotatable bonds is 5. The molecule has 35 heavy (non-hydrogen) atoms. The van der Waals surface area contributed by atoms with Crippen molar-refractivity contribution >= 4 is 33.2 Å². The van der Waals surface area contributed by atoms with Crippen LogP contribution in [0.15, 0.2) is 41.3 Å². The second-order valence-corrected chi connectivity index (χ2v) is 11.2. The summed E-state index contributed by atoms with van der Waals surface area (Å²) in [4.78, 5) is 27.1. The van der Waals surface area contributed by atoms with Crippen molar-refractivity contribution in [3.05, 3.63) is 42.0 Å². The average Bonchev–Trinajstić information content (AvgIpc) is 2.85. The Morgan fingerprint density at radius 2 is 1.77 bits per heavy atom. The molecule has 0 bridgehead atoms. The normalized spacial score (nSPS) is 18.8. The average molecular weight is 500 g/mol. The second kappa shape index (κ2) is 9.50. The van der Waals surface area contributed by atoms with Gasteiger partial charge in [-0.05, 0) is 61.1 Å². The highest BCUT2D eigenvalue weighted by Crippen LogP contribution is 2.34. The number of hydrogen-bond acceptors (Lipinski definition) is 6. The van der Waals surface area contributed by atoms with Gasteiger partial charge in [0, 0.05) is 37.0 Å². The zero-order valence-electron chi connectivity index (χ0n) is 19.7. The maximum atomic E-state index is 13.2. The van der Waals surface area contributed by atoms with Gasteiger partial charge in [0.25, 0.3) is 0 Å². The maximum absolute atomic E-state index is 13.2. The molecule has 1 saturated heterocycles. The van der Waals surface area contributed by atoms with Gasteiger partial charge in [-0.2, -0.15) is 4.31 Å². The van der Waals surface area contributed by atoms with Crippen molar-refractivity contribution in [1.29, 1.82) is 0 Å². The van der Waals surface area contributed by atoms with E-state index < -0.39 is 10.0 Å². The molecule has 2 aromatic carbocycles. The molecular weight excluding hydrogens is 470 g/mol. The van der Waals surface area contributed by atoms with Crippen LogP contribution in [0.25, 0.3) is 0 Å². The Balaban J connectivity index is 1.31. The molecule has 2 amide bonds. The molecule has 2 aromatic rings. The molecule has 0 spiro atoms. The fourth-order valence-corrected chi connectivity index (χ4v) is 6.23.